The van der Waals surface area contributed by atoms with Gasteiger partial charge in [-0.25, -0.2) is 0 Å². The fourth-order valence-corrected chi connectivity index (χ4v) is 3.38. The van der Waals surface area contributed by atoms with Crippen LogP contribution in [0.25, 0.3) is 0 Å². The first kappa shape index (κ1) is 23.9. The summed E-state index contributed by atoms with van der Waals surface area (Å²) in [5, 5.41) is 8.25. The molecule has 0 spiro atoms. The van der Waals surface area contributed by atoms with Crippen LogP contribution in [0.5, 0.6) is 5.75 Å². The van der Waals surface area contributed by atoms with Gasteiger partial charge in [-0.15, -0.1) is 0 Å². The van der Waals surface area contributed by atoms with Crippen molar-refractivity contribution in [3.8, 4) is 5.75 Å². The number of carbonyl (C=O) groups excluding carboxylic acids is 3. The molecule has 0 aliphatic heterocycles. The van der Waals surface area contributed by atoms with E-state index in [1.807, 2.05) is 24.5 Å². The van der Waals surface area contributed by atoms with E-state index in [1.54, 1.807) is 60.3 Å². The second kappa shape index (κ2) is 12.4. The maximum atomic E-state index is 12.9. The van der Waals surface area contributed by atoms with E-state index in [1.165, 1.54) is 6.26 Å². The Balaban J connectivity index is 1.58. The first-order valence-electron chi connectivity index (χ1n) is 10.3. The van der Waals surface area contributed by atoms with E-state index in [0.717, 1.165) is 0 Å². The van der Waals surface area contributed by atoms with Gasteiger partial charge in [0, 0.05) is 11.4 Å². The van der Waals surface area contributed by atoms with Crippen molar-refractivity contribution in [1.29, 1.82) is 0 Å². The number of carbonyl (C=O) groups is 3. The normalized spacial score (nSPS) is 11.3. The number of anilines is 2. The fraction of sp³-hybridized carbons (Fsp3) is 0.208. The summed E-state index contributed by atoms with van der Waals surface area (Å²) in [7, 11) is 0. The van der Waals surface area contributed by atoms with Gasteiger partial charge in [-0.2, -0.15) is 11.8 Å². The van der Waals surface area contributed by atoms with Crippen molar-refractivity contribution in [2.75, 3.05) is 29.2 Å². The van der Waals surface area contributed by atoms with Gasteiger partial charge in [0.1, 0.15) is 11.8 Å². The molecule has 0 saturated heterocycles. The van der Waals surface area contributed by atoms with Crippen molar-refractivity contribution in [3.63, 3.8) is 0 Å². The zero-order chi connectivity index (χ0) is 23.5. The highest BCUT2D eigenvalue weighted by Gasteiger charge is 2.21. The SMILES string of the molecule is CSCCC(NC(=O)COc1ccccc1)C(=O)Nc1cccc(NC(=O)c2ccco2)c1. The van der Waals surface area contributed by atoms with Gasteiger partial charge in [0.25, 0.3) is 11.8 Å². The topological polar surface area (TPSA) is 110 Å². The third kappa shape index (κ3) is 7.73. The summed E-state index contributed by atoms with van der Waals surface area (Å²) in [6.07, 6.45) is 3.80. The van der Waals surface area contributed by atoms with Gasteiger partial charge < -0.3 is 25.1 Å². The van der Waals surface area contributed by atoms with E-state index in [9.17, 15) is 14.4 Å². The molecule has 172 valence electrons. The monoisotopic (exact) mass is 467 g/mol. The average Bonchev–Trinajstić information content (AvgIpc) is 3.36. The molecular formula is C24H25N3O5S. The van der Waals surface area contributed by atoms with Crippen molar-refractivity contribution in [2.45, 2.75) is 12.5 Å². The van der Waals surface area contributed by atoms with Crippen LogP contribution in [0, 0.1) is 0 Å². The number of ether oxygens (including phenoxy) is 1. The standard InChI is InChI=1S/C24H25N3O5S/c1-33-14-12-20(27-22(28)16-32-19-9-3-2-4-10-19)23(29)25-17-7-5-8-18(15-17)26-24(30)21-11-6-13-31-21/h2-11,13,15,20H,12,14,16H2,1H3,(H,25,29)(H,26,30)(H,27,28). The van der Waals surface area contributed by atoms with Crippen LogP contribution in [0.3, 0.4) is 0 Å². The lowest BCUT2D eigenvalue weighted by atomic mass is 10.2. The van der Waals surface area contributed by atoms with E-state index in [0.29, 0.717) is 29.3 Å². The third-order valence-electron chi connectivity index (χ3n) is 4.51. The highest BCUT2D eigenvalue weighted by Crippen LogP contribution is 2.17. The van der Waals surface area contributed by atoms with Crippen LogP contribution in [0.1, 0.15) is 17.0 Å². The smallest absolute Gasteiger partial charge is 0.291 e. The molecule has 1 unspecified atom stereocenters. The molecule has 8 nitrogen and oxygen atoms in total. The molecule has 2 aromatic carbocycles. The largest absolute Gasteiger partial charge is 0.484 e. The van der Waals surface area contributed by atoms with Gasteiger partial charge in [-0.05, 0) is 60.9 Å². The number of para-hydroxylation sites is 1. The molecule has 0 aliphatic carbocycles. The fourth-order valence-electron chi connectivity index (χ4n) is 2.91. The summed E-state index contributed by atoms with van der Waals surface area (Å²) in [6.45, 7) is -0.193. The van der Waals surface area contributed by atoms with Gasteiger partial charge in [-0.3, -0.25) is 14.4 Å². The minimum Gasteiger partial charge on any atom is -0.484 e. The number of nitrogens with one attached hydrogen (secondary N) is 3. The summed E-state index contributed by atoms with van der Waals surface area (Å²) in [6, 6.07) is 18.2. The lowest BCUT2D eigenvalue weighted by Crippen LogP contribution is -2.45. The summed E-state index contributed by atoms with van der Waals surface area (Å²) >= 11 is 1.58. The summed E-state index contributed by atoms with van der Waals surface area (Å²) in [5.74, 6) is 0.309. The predicted octanol–water partition coefficient (Wildman–Crippen LogP) is 3.79. The minimum atomic E-state index is -0.731. The molecule has 3 amide bonds. The van der Waals surface area contributed by atoms with E-state index < -0.39 is 11.9 Å². The van der Waals surface area contributed by atoms with Crippen LogP contribution in [0.4, 0.5) is 11.4 Å². The number of furan rings is 1. The molecule has 3 N–H and O–H groups in total. The number of amides is 3. The molecule has 33 heavy (non-hydrogen) atoms. The number of benzene rings is 2. The highest BCUT2D eigenvalue weighted by atomic mass is 32.2. The molecule has 9 heteroatoms. The van der Waals surface area contributed by atoms with Gasteiger partial charge >= 0.3 is 0 Å². The van der Waals surface area contributed by atoms with Gasteiger partial charge in [-0.1, -0.05) is 24.3 Å². The maximum absolute atomic E-state index is 12.9. The third-order valence-corrected chi connectivity index (χ3v) is 5.15. The Kier molecular flexibility index (Phi) is 8.96. The van der Waals surface area contributed by atoms with E-state index in [-0.39, 0.29) is 24.2 Å². The molecule has 1 heterocycles. The summed E-state index contributed by atoms with van der Waals surface area (Å²) < 4.78 is 10.5. The summed E-state index contributed by atoms with van der Waals surface area (Å²) in [5.41, 5.74) is 0.983. The van der Waals surface area contributed by atoms with Crippen molar-refractivity contribution in [1.82, 2.24) is 5.32 Å². The quantitative estimate of drug-likeness (QED) is 0.396. The van der Waals surface area contributed by atoms with Gasteiger partial charge in [0.2, 0.25) is 5.91 Å². The molecular weight excluding hydrogens is 442 g/mol. The van der Waals surface area contributed by atoms with Gasteiger partial charge in [0.15, 0.2) is 12.4 Å². The zero-order valence-electron chi connectivity index (χ0n) is 18.1. The number of thioether (sulfide) groups is 1. The Morgan fingerprint density at radius 3 is 2.42 bits per heavy atom. The number of rotatable bonds is 11. The second-order valence-electron chi connectivity index (χ2n) is 7.00. The maximum Gasteiger partial charge on any atom is 0.291 e. The first-order chi connectivity index (χ1) is 16.0. The average molecular weight is 468 g/mol. The van der Waals surface area contributed by atoms with Crippen molar-refractivity contribution in [3.05, 3.63) is 78.8 Å². The predicted molar refractivity (Wildman–Crippen MR) is 129 cm³/mol. The van der Waals surface area contributed by atoms with E-state index in [4.69, 9.17) is 9.15 Å². The van der Waals surface area contributed by atoms with Crippen molar-refractivity contribution < 1.29 is 23.5 Å². The summed E-state index contributed by atoms with van der Waals surface area (Å²) in [4.78, 5) is 37.4. The lowest BCUT2D eigenvalue weighted by Gasteiger charge is -2.18. The molecule has 0 fully saturated rings. The van der Waals surface area contributed by atoms with E-state index in [2.05, 4.69) is 16.0 Å². The molecule has 1 aromatic heterocycles. The van der Waals surface area contributed by atoms with E-state index >= 15 is 0 Å². The van der Waals surface area contributed by atoms with Crippen molar-refractivity contribution >= 4 is 40.9 Å². The van der Waals surface area contributed by atoms with Crippen molar-refractivity contribution in [2.24, 2.45) is 0 Å². The molecule has 1 atom stereocenters. The van der Waals surface area contributed by atoms with Crippen LogP contribution >= 0.6 is 11.8 Å². The highest BCUT2D eigenvalue weighted by molar-refractivity contribution is 7.98. The number of hydrogen-bond donors (Lipinski definition) is 3. The zero-order valence-corrected chi connectivity index (χ0v) is 18.9. The molecule has 0 bridgehead atoms. The first-order valence-corrected chi connectivity index (χ1v) is 11.7. The van der Waals surface area contributed by atoms with Crippen LogP contribution in [-0.4, -0.2) is 42.4 Å². The number of hydrogen-bond acceptors (Lipinski definition) is 6. The van der Waals surface area contributed by atoms with Crippen LogP contribution < -0.4 is 20.7 Å². The Hall–Kier alpha value is -3.72. The second-order valence-corrected chi connectivity index (χ2v) is 7.99. The molecule has 3 rings (SSSR count). The Labute approximate surface area is 196 Å². The Morgan fingerprint density at radius 2 is 1.73 bits per heavy atom. The molecule has 0 saturated carbocycles. The Morgan fingerprint density at radius 1 is 0.970 bits per heavy atom. The molecule has 3 aromatic rings. The Bertz CT molecular complexity index is 1060. The van der Waals surface area contributed by atoms with Gasteiger partial charge in [0.05, 0.1) is 6.26 Å². The minimum absolute atomic E-state index is 0.182. The lowest BCUT2D eigenvalue weighted by molar-refractivity contribution is -0.127. The van der Waals surface area contributed by atoms with Crippen LogP contribution in [0.15, 0.2) is 77.4 Å². The van der Waals surface area contributed by atoms with Crippen LogP contribution in [-0.2, 0) is 9.59 Å². The molecule has 0 aliphatic rings. The van der Waals surface area contributed by atoms with Crippen LogP contribution in [0.2, 0.25) is 0 Å². The molecule has 0 radical (unpaired) electrons.